The molecule has 136 valence electrons. The van der Waals surface area contributed by atoms with E-state index in [1.165, 1.54) is 19.2 Å². The Morgan fingerprint density at radius 3 is 2.54 bits per heavy atom. The van der Waals surface area contributed by atoms with Crippen molar-refractivity contribution < 1.29 is 17.3 Å². The molecule has 0 amide bonds. The summed E-state index contributed by atoms with van der Waals surface area (Å²) in [6.07, 6.45) is 1.37. The molecular weight excluding hydrogens is 359 g/mol. The summed E-state index contributed by atoms with van der Waals surface area (Å²) in [7, 11) is -3.82. The molecule has 2 aromatic heterocycles. The molecule has 2 N–H and O–H groups in total. The highest BCUT2D eigenvalue weighted by Crippen LogP contribution is 2.22. The number of aromatic nitrogens is 2. The predicted octanol–water partition coefficient (Wildman–Crippen LogP) is 3.24. The number of nitrogens with one attached hydrogen (secondary N) is 2. The van der Waals surface area contributed by atoms with E-state index in [-0.39, 0.29) is 28.7 Å². The summed E-state index contributed by atoms with van der Waals surface area (Å²) in [6.45, 7) is 3.35. The Morgan fingerprint density at radius 2 is 1.92 bits per heavy atom. The zero-order valence-electron chi connectivity index (χ0n) is 14.2. The molecule has 26 heavy (non-hydrogen) atoms. The van der Waals surface area contributed by atoms with Crippen LogP contribution in [0.2, 0.25) is 0 Å². The maximum atomic E-state index is 13.6. The lowest BCUT2D eigenvalue weighted by Crippen LogP contribution is -2.14. The van der Waals surface area contributed by atoms with Crippen molar-refractivity contribution in [3.8, 4) is 0 Å². The number of anilines is 2. The lowest BCUT2D eigenvalue weighted by atomic mass is 10.2. The van der Waals surface area contributed by atoms with Crippen LogP contribution >= 0.6 is 0 Å². The summed E-state index contributed by atoms with van der Waals surface area (Å²) < 4.78 is 45.8. The molecule has 1 aromatic carbocycles. The second-order valence-electron chi connectivity index (χ2n) is 5.64. The summed E-state index contributed by atoms with van der Waals surface area (Å²) in [4.78, 5) is 4.15. The second kappa shape index (κ2) is 7.12. The van der Waals surface area contributed by atoms with Crippen LogP contribution in [0.15, 0.2) is 52.0 Å². The molecular formula is C17H17FN4O3S. The van der Waals surface area contributed by atoms with E-state index in [1.54, 1.807) is 37.3 Å². The van der Waals surface area contributed by atoms with Crippen molar-refractivity contribution in [2.45, 2.75) is 25.3 Å². The fourth-order valence-corrected chi connectivity index (χ4v) is 3.83. The Kier molecular flexibility index (Phi) is 4.90. The number of rotatable bonds is 6. The van der Waals surface area contributed by atoms with E-state index in [0.717, 1.165) is 0 Å². The highest BCUT2D eigenvalue weighted by Gasteiger charge is 2.24. The average molecular weight is 376 g/mol. The Bertz CT molecular complexity index is 997. The van der Waals surface area contributed by atoms with E-state index in [4.69, 9.17) is 4.52 Å². The minimum Gasteiger partial charge on any atom is -0.366 e. The molecule has 3 aromatic rings. The van der Waals surface area contributed by atoms with E-state index < -0.39 is 10.0 Å². The maximum Gasteiger partial charge on any atom is 0.267 e. The van der Waals surface area contributed by atoms with Gasteiger partial charge in [-0.25, -0.2) is 17.8 Å². The fraction of sp³-hybridized carbons (Fsp3) is 0.176. The third-order valence-electron chi connectivity index (χ3n) is 3.67. The first-order valence-corrected chi connectivity index (χ1v) is 9.24. The molecule has 2 heterocycles. The van der Waals surface area contributed by atoms with Crippen molar-refractivity contribution in [1.29, 1.82) is 0 Å². The van der Waals surface area contributed by atoms with Gasteiger partial charge in [0, 0.05) is 12.1 Å². The first-order valence-electron chi connectivity index (χ1n) is 7.76. The van der Waals surface area contributed by atoms with E-state index in [1.807, 2.05) is 0 Å². The number of hydrogen-bond acceptors (Lipinski definition) is 6. The highest BCUT2D eigenvalue weighted by molar-refractivity contribution is 7.92. The SMILES string of the molecule is Cc1noc(C)c1S(=O)(=O)Nc1ccc(NCc2ccccc2F)nc1. The lowest BCUT2D eigenvalue weighted by Gasteiger charge is -2.09. The van der Waals surface area contributed by atoms with Crippen molar-refractivity contribution in [2.75, 3.05) is 10.0 Å². The minimum absolute atomic E-state index is 0.0132. The summed E-state index contributed by atoms with van der Waals surface area (Å²) in [5.74, 6) is 0.406. The van der Waals surface area contributed by atoms with Crippen molar-refractivity contribution >= 4 is 21.5 Å². The third-order valence-corrected chi connectivity index (χ3v) is 5.29. The monoisotopic (exact) mass is 376 g/mol. The molecule has 0 unspecified atom stereocenters. The first kappa shape index (κ1) is 17.9. The van der Waals surface area contributed by atoms with Crippen molar-refractivity contribution in [1.82, 2.24) is 10.1 Å². The molecule has 0 radical (unpaired) electrons. The van der Waals surface area contributed by atoms with Crippen LogP contribution in [0.1, 0.15) is 17.0 Å². The number of aryl methyl sites for hydroxylation is 2. The standard InChI is InChI=1S/C17H17FN4O3S/c1-11-17(12(2)25-21-11)26(23,24)22-14-7-8-16(20-10-14)19-9-13-5-3-4-6-15(13)18/h3-8,10,22H,9H2,1-2H3,(H,19,20). The molecule has 0 saturated heterocycles. The highest BCUT2D eigenvalue weighted by atomic mass is 32.2. The van der Waals surface area contributed by atoms with Crippen LogP contribution in [0.25, 0.3) is 0 Å². The molecule has 0 aliphatic heterocycles. The first-order chi connectivity index (χ1) is 12.4. The molecule has 0 atom stereocenters. The third kappa shape index (κ3) is 3.83. The van der Waals surface area contributed by atoms with Gasteiger partial charge in [-0.2, -0.15) is 0 Å². The van der Waals surface area contributed by atoms with E-state index in [2.05, 4.69) is 20.2 Å². The van der Waals surface area contributed by atoms with Crippen molar-refractivity contribution in [2.24, 2.45) is 0 Å². The lowest BCUT2D eigenvalue weighted by molar-refractivity contribution is 0.390. The molecule has 0 aliphatic carbocycles. The average Bonchev–Trinajstić information content (AvgIpc) is 2.94. The van der Waals surface area contributed by atoms with Gasteiger partial charge in [0.25, 0.3) is 10.0 Å². The van der Waals surface area contributed by atoms with Crippen LogP contribution in [0, 0.1) is 19.7 Å². The zero-order valence-corrected chi connectivity index (χ0v) is 15.0. The van der Waals surface area contributed by atoms with Crippen LogP contribution < -0.4 is 10.0 Å². The summed E-state index contributed by atoms with van der Waals surface area (Å²) >= 11 is 0. The van der Waals surface area contributed by atoms with Crippen LogP contribution in [-0.4, -0.2) is 18.6 Å². The minimum atomic E-state index is -3.82. The number of benzene rings is 1. The number of pyridine rings is 1. The van der Waals surface area contributed by atoms with Crippen molar-refractivity contribution in [3.63, 3.8) is 0 Å². The molecule has 3 rings (SSSR count). The van der Waals surface area contributed by atoms with Crippen LogP contribution in [0.5, 0.6) is 0 Å². The Balaban J connectivity index is 1.69. The van der Waals surface area contributed by atoms with Gasteiger partial charge in [0.15, 0.2) is 10.7 Å². The van der Waals surface area contributed by atoms with E-state index in [0.29, 0.717) is 17.1 Å². The van der Waals surface area contributed by atoms with Gasteiger partial charge in [-0.3, -0.25) is 4.72 Å². The van der Waals surface area contributed by atoms with Crippen LogP contribution in [0.4, 0.5) is 15.9 Å². The van der Waals surface area contributed by atoms with Gasteiger partial charge >= 0.3 is 0 Å². The number of hydrogen-bond donors (Lipinski definition) is 2. The summed E-state index contributed by atoms with van der Waals surface area (Å²) in [5.41, 5.74) is 1.09. The molecule has 9 heteroatoms. The largest absolute Gasteiger partial charge is 0.366 e. The number of nitrogens with zero attached hydrogens (tertiary/aromatic N) is 2. The zero-order chi connectivity index (χ0) is 18.7. The summed E-state index contributed by atoms with van der Waals surface area (Å²) in [6, 6.07) is 9.60. The fourth-order valence-electron chi connectivity index (χ4n) is 2.45. The van der Waals surface area contributed by atoms with Gasteiger partial charge in [0.1, 0.15) is 17.3 Å². The van der Waals surface area contributed by atoms with Gasteiger partial charge in [-0.15, -0.1) is 0 Å². The van der Waals surface area contributed by atoms with Gasteiger partial charge in [0.05, 0.1) is 11.9 Å². The molecule has 0 fully saturated rings. The number of sulfonamides is 1. The predicted molar refractivity (Wildman–Crippen MR) is 94.7 cm³/mol. The molecule has 0 spiro atoms. The second-order valence-corrected chi connectivity index (χ2v) is 7.26. The Hall–Kier alpha value is -2.94. The van der Waals surface area contributed by atoms with Gasteiger partial charge in [-0.1, -0.05) is 23.4 Å². The van der Waals surface area contributed by atoms with Crippen LogP contribution in [0.3, 0.4) is 0 Å². The van der Waals surface area contributed by atoms with Gasteiger partial charge in [0.2, 0.25) is 0 Å². The van der Waals surface area contributed by atoms with E-state index >= 15 is 0 Å². The van der Waals surface area contributed by atoms with Gasteiger partial charge in [-0.05, 0) is 32.0 Å². The van der Waals surface area contributed by atoms with Gasteiger partial charge < -0.3 is 9.84 Å². The molecule has 0 aliphatic rings. The molecule has 0 bridgehead atoms. The maximum absolute atomic E-state index is 13.6. The Labute approximate surface area is 150 Å². The number of halogens is 1. The van der Waals surface area contributed by atoms with E-state index in [9.17, 15) is 12.8 Å². The molecule has 0 saturated carbocycles. The topological polar surface area (TPSA) is 97.1 Å². The van der Waals surface area contributed by atoms with Crippen LogP contribution in [-0.2, 0) is 16.6 Å². The normalized spacial score (nSPS) is 11.3. The summed E-state index contributed by atoms with van der Waals surface area (Å²) in [5, 5.41) is 6.63. The quantitative estimate of drug-likeness (QED) is 0.685. The Morgan fingerprint density at radius 1 is 1.15 bits per heavy atom. The van der Waals surface area contributed by atoms with Crippen molar-refractivity contribution in [3.05, 3.63) is 65.4 Å². The molecule has 7 nitrogen and oxygen atoms in total. The smallest absolute Gasteiger partial charge is 0.267 e.